The van der Waals surface area contributed by atoms with E-state index in [1.54, 1.807) is 0 Å². The standard InChI is InChI=1S/C10H12F4N2O2/c11-9(12,15-5-1-3-7(15)17)10(13,14)16-6-2-4-8(16)18/h1-6H2. The van der Waals surface area contributed by atoms with Crippen molar-refractivity contribution < 1.29 is 27.2 Å². The third kappa shape index (κ3) is 1.74. The highest BCUT2D eigenvalue weighted by Gasteiger charge is 2.67. The van der Waals surface area contributed by atoms with Gasteiger partial charge in [-0.05, 0) is 12.8 Å². The van der Waals surface area contributed by atoms with Crippen LogP contribution in [0.25, 0.3) is 0 Å². The Balaban J connectivity index is 2.26. The molecule has 2 heterocycles. The molecule has 0 aromatic carbocycles. The predicted molar refractivity (Wildman–Crippen MR) is 51.8 cm³/mol. The van der Waals surface area contributed by atoms with E-state index in [2.05, 4.69) is 0 Å². The van der Waals surface area contributed by atoms with Gasteiger partial charge in [0.25, 0.3) is 0 Å². The first-order chi connectivity index (χ1) is 8.28. The summed E-state index contributed by atoms with van der Waals surface area (Å²) in [6.45, 7) is -0.826. The van der Waals surface area contributed by atoms with Gasteiger partial charge in [0.15, 0.2) is 0 Å². The number of hydrogen-bond donors (Lipinski definition) is 0. The third-order valence-corrected chi connectivity index (χ3v) is 3.19. The number of hydrogen-bond acceptors (Lipinski definition) is 2. The normalized spacial score (nSPS) is 22.2. The van der Waals surface area contributed by atoms with Crippen molar-refractivity contribution in [3.63, 3.8) is 0 Å². The molecule has 0 aromatic heterocycles. The molecule has 2 aliphatic rings. The van der Waals surface area contributed by atoms with Crippen molar-refractivity contribution >= 4 is 11.8 Å². The number of rotatable bonds is 3. The summed E-state index contributed by atoms with van der Waals surface area (Å²) < 4.78 is 55.0. The second kappa shape index (κ2) is 4.10. The molecule has 2 aliphatic heterocycles. The highest BCUT2D eigenvalue weighted by Crippen LogP contribution is 2.43. The Kier molecular flexibility index (Phi) is 2.98. The van der Waals surface area contributed by atoms with Crippen LogP contribution in [0.15, 0.2) is 0 Å². The minimum atomic E-state index is -4.65. The fourth-order valence-electron chi connectivity index (χ4n) is 2.21. The van der Waals surface area contributed by atoms with Gasteiger partial charge in [0.1, 0.15) is 0 Å². The second-order valence-electron chi connectivity index (χ2n) is 4.38. The van der Waals surface area contributed by atoms with E-state index in [-0.39, 0.29) is 35.5 Å². The van der Waals surface area contributed by atoms with Gasteiger partial charge >= 0.3 is 12.1 Å². The first kappa shape index (κ1) is 13.1. The third-order valence-electron chi connectivity index (χ3n) is 3.19. The van der Waals surface area contributed by atoms with Crippen molar-refractivity contribution in [2.45, 2.75) is 37.8 Å². The van der Waals surface area contributed by atoms with Crippen molar-refractivity contribution in [3.05, 3.63) is 0 Å². The Hall–Kier alpha value is -1.34. The molecule has 0 aliphatic carbocycles. The monoisotopic (exact) mass is 268 g/mol. The van der Waals surface area contributed by atoms with Crippen LogP contribution in [0.3, 0.4) is 0 Å². The van der Waals surface area contributed by atoms with Crippen LogP contribution in [0.2, 0.25) is 0 Å². The van der Waals surface area contributed by atoms with Crippen molar-refractivity contribution in [1.82, 2.24) is 9.80 Å². The summed E-state index contributed by atoms with van der Waals surface area (Å²) in [5.74, 6) is -2.02. The van der Waals surface area contributed by atoms with E-state index in [1.165, 1.54) is 0 Å². The van der Waals surface area contributed by atoms with Crippen LogP contribution >= 0.6 is 0 Å². The molecule has 0 radical (unpaired) electrons. The van der Waals surface area contributed by atoms with E-state index in [0.29, 0.717) is 0 Å². The minimum absolute atomic E-state index is 0.123. The van der Waals surface area contributed by atoms with Crippen molar-refractivity contribution in [2.75, 3.05) is 13.1 Å². The van der Waals surface area contributed by atoms with Crippen molar-refractivity contribution in [2.24, 2.45) is 0 Å². The molecule has 18 heavy (non-hydrogen) atoms. The number of halogens is 4. The molecule has 0 aromatic rings. The van der Waals surface area contributed by atoms with E-state index in [9.17, 15) is 27.2 Å². The quantitative estimate of drug-likeness (QED) is 0.573. The molecular weight excluding hydrogens is 256 g/mol. The number of likely N-dealkylation sites (tertiary alicyclic amines) is 2. The molecule has 0 saturated carbocycles. The molecule has 2 rings (SSSR count). The number of carbonyl (C=O) groups excluding carboxylic acids is 2. The zero-order valence-corrected chi connectivity index (χ0v) is 9.47. The highest BCUT2D eigenvalue weighted by molar-refractivity contribution is 5.80. The van der Waals surface area contributed by atoms with Crippen molar-refractivity contribution in [1.29, 1.82) is 0 Å². The van der Waals surface area contributed by atoms with E-state index in [1.807, 2.05) is 0 Å². The Morgan fingerprint density at radius 1 is 0.778 bits per heavy atom. The molecule has 2 amide bonds. The lowest BCUT2D eigenvalue weighted by Crippen LogP contribution is -2.62. The van der Waals surface area contributed by atoms with Crippen molar-refractivity contribution in [3.8, 4) is 0 Å². The summed E-state index contributed by atoms with van der Waals surface area (Å²) in [6.07, 6.45) is -0.0872. The molecule has 0 atom stereocenters. The van der Waals surface area contributed by atoms with E-state index in [4.69, 9.17) is 0 Å². The molecule has 8 heteroatoms. The number of amides is 2. The van der Waals surface area contributed by atoms with Crippen LogP contribution in [0.1, 0.15) is 25.7 Å². The maximum absolute atomic E-state index is 13.7. The van der Waals surface area contributed by atoms with E-state index >= 15 is 0 Å². The van der Waals surface area contributed by atoms with Gasteiger partial charge in [0.05, 0.1) is 0 Å². The lowest BCUT2D eigenvalue weighted by molar-refractivity contribution is -0.322. The smallest absolute Gasteiger partial charge is 0.277 e. The van der Waals surface area contributed by atoms with Crippen LogP contribution in [-0.2, 0) is 9.59 Å². The van der Waals surface area contributed by atoms with E-state index in [0.717, 1.165) is 0 Å². The average molecular weight is 268 g/mol. The first-order valence-corrected chi connectivity index (χ1v) is 5.65. The second-order valence-corrected chi connectivity index (χ2v) is 4.38. The summed E-state index contributed by atoms with van der Waals surface area (Å²) in [7, 11) is 0. The van der Waals surface area contributed by atoms with Crippen LogP contribution < -0.4 is 0 Å². The Morgan fingerprint density at radius 2 is 1.11 bits per heavy atom. The Labute approximate surface area is 101 Å². The first-order valence-electron chi connectivity index (χ1n) is 5.65. The summed E-state index contributed by atoms with van der Waals surface area (Å²) >= 11 is 0. The Morgan fingerprint density at radius 3 is 1.33 bits per heavy atom. The fourth-order valence-corrected chi connectivity index (χ4v) is 2.21. The lowest BCUT2D eigenvalue weighted by Gasteiger charge is -2.37. The largest absolute Gasteiger partial charge is 0.411 e. The average Bonchev–Trinajstić information content (AvgIpc) is 2.86. The summed E-state index contributed by atoms with van der Waals surface area (Å²) in [4.78, 5) is 22.1. The van der Waals surface area contributed by atoms with Gasteiger partial charge in [-0.2, -0.15) is 17.6 Å². The maximum atomic E-state index is 13.7. The molecule has 0 spiro atoms. The number of alkyl halides is 4. The molecule has 0 N–H and O–H groups in total. The Bertz CT molecular complexity index is 350. The summed E-state index contributed by atoms with van der Waals surface area (Å²) in [5, 5.41) is 0. The molecule has 2 fully saturated rings. The zero-order chi connectivity index (χ0) is 13.6. The van der Waals surface area contributed by atoms with Crippen LogP contribution in [0.5, 0.6) is 0 Å². The zero-order valence-electron chi connectivity index (χ0n) is 9.47. The van der Waals surface area contributed by atoms with Crippen LogP contribution in [0.4, 0.5) is 17.6 Å². The topological polar surface area (TPSA) is 40.6 Å². The number of carbonyl (C=O) groups is 2. The molecule has 102 valence electrons. The minimum Gasteiger partial charge on any atom is -0.277 e. The predicted octanol–water partition coefficient (Wildman–Crippen LogP) is 1.42. The van der Waals surface area contributed by atoms with Gasteiger partial charge in [-0.1, -0.05) is 0 Å². The molecule has 0 bridgehead atoms. The molecule has 0 unspecified atom stereocenters. The van der Waals surface area contributed by atoms with Gasteiger partial charge in [0, 0.05) is 25.9 Å². The summed E-state index contributed by atoms with van der Waals surface area (Å²) in [5.41, 5.74) is 0. The molecular formula is C10H12F4N2O2. The van der Waals surface area contributed by atoms with Gasteiger partial charge in [-0.25, -0.2) is 0 Å². The van der Waals surface area contributed by atoms with E-state index < -0.39 is 37.0 Å². The summed E-state index contributed by atoms with van der Waals surface area (Å²) in [6, 6.07) is -9.30. The lowest BCUT2D eigenvalue weighted by atomic mass is 10.3. The maximum Gasteiger partial charge on any atom is 0.411 e. The molecule has 2 saturated heterocycles. The van der Waals surface area contributed by atoms with Gasteiger partial charge < -0.3 is 0 Å². The molecule has 4 nitrogen and oxygen atoms in total. The fraction of sp³-hybridized carbons (Fsp3) is 0.800. The van der Waals surface area contributed by atoms with Gasteiger partial charge in [-0.15, -0.1) is 0 Å². The van der Waals surface area contributed by atoms with Gasteiger partial charge in [0.2, 0.25) is 11.8 Å². The number of nitrogens with zero attached hydrogens (tertiary/aromatic N) is 2. The van der Waals surface area contributed by atoms with Crippen LogP contribution in [-0.4, -0.2) is 46.8 Å². The highest BCUT2D eigenvalue weighted by atomic mass is 19.3. The SMILES string of the molecule is O=C1CCCN1C(F)(F)C(F)(F)N1CCCC1=O. The van der Waals surface area contributed by atoms with Crippen LogP contribution in [0, 0.1) is 0 Å². The van der Waals surface area contributed by atoms with Gasteiger partial charge in [-0.3, -0.25) is 19.4 Å².